The first-order valence-corrected chi connectivity index (χ1v) is 7.00. The molecule has 1 heterocycles. The predicted octanol–water partition coefficient (Wildman–Crippen LogP) is 2.39. The predicted molar refractivity (Wildman–Crippen MR) is 79.2 cm³/mol. The number of esters is 1. The van der Waals surface area contributed by atoms with Gasteiger partial charge >= 0.3 is 5.97 Å². The molecule has 0 unspecified atom stereocenters. The van der Waals surface area contributed by atoms with E-state index in [0.29, 0.717) is 5.69 Å². The van der Waals surface area contributed by atoms with Crippen molar-refractivity contribution in [2.75, 3.05) is 7.11 Å². The van der Waals surface area contributed by atoms with Crippen molar-refractivity contribution in [1.82, 2.24) is 10.5 Å². The Morgan fingerprint density at radius 2 is 1.96 bits per heavy atom. The van der Waals surface area contributed by atoms with Crippen LogP contribution in [0.1, 0.15) is 34.3 Å². The number of rotatable bonds is 4. The van der Waals surface area contributed by atoms with Gasteiger partial charge in [-0.15, -0.1) is 0 Å². The third-order valence-corrected chi connectivity index (χ3v) is 3.68. The molecule has 0 aliphatic carbocycles. The lowest BCUT2D eigenvalue weighted by Gasteiger charge is -2.28. The van der Waals surface area contributed by atoms with E-state index >= 15 is 0 Å². The summed E-state index contributed by atoms with van der Waals surface area (Å²) in [6.07, 6.45) is 0. The van der Waals surface area contributed by atoms with Crippen LogP contribution in [0.25, 0.3) is 0 Å². The summed E-state index contributed by atoms with van der Waals surface area (Å²) in [5.74, 6) is -3.05. The molecule has 1 aromatic carbocycles. The van der Waals surface area contributed by atoms with Gasteiger partial charge in [-0.05, 0) is 39.0 Å². The molecular weight excluding hydrogens is 322 g/mol. The van der Waals surface area contributed by atoms with E-state index in [1.165, 1.54) is 13.8 Å². The molecule has 0 radical (unpaired) electrons. The molecule has 2 aromatic rings. The molecule has 8 heteroatoms. The van der Waals surface area contributed by atoms with Crippen LogP contribution in [0.4, 0.5) is 8.78 Å². The van der Waals surface area contributed by atoms with Crippen LogP contribution in [0.15, 0.2) is 22.7 Å². The van der Waals surface area contributed by atoms with Crippen molar-refractivity contribution in [1.29, 1.82) is 0 Å². The van der Waals surface area contributed by atoms with E-state index in [9.17, 15) is 18.4 Å². The maximum absolute atomic E-state index is 14.2. The number of benzene rings is 1. The van der Waals surface area contributed by atoms with Crippen LogP contribution in [0, 0.1) is 25.5 Å². The first-order chi connectivity index (χ1) is 11.2. The van der Waals surface area contributed by atoms with E-state index in [2.05, 4.69) is 15.2 Å². The molecule has 0 bridgehead atoms. The molecule has 24 heavy (non-hydrogen) atoms. The summed E-state index contributed by atoms with van der Waals surface area (Å²) < 4.78 is 37.3. The van der Waals surface area contributed by atoms with Gasteiger partial charge in [-0.25, -0.2) is 13.6 Å². The molecule has 128 valence electrons. The third-order valence-electron chi connectivity index (χ3n) is 3.68. The Kier molecular flexibility index (Phi) is 4.68. The van der Waals surface area contributed by atoms with Crippen LogP contribution in [0.5, 0.6) is 0 Å². The highest BCUT2D eigenvalue weighted by Crippen LogP contribution is 2.27. The fourth-order valence-corrected chi connectivity index (χ4v) is 2.41. The van der Waals surface area contributed by atoms with Crippen LogP contribution in [0.2, 0.25) is 0 Å². The molecule has 1 N–H and O–H groups in total. The molecule has 1 amide bonds. The number of methoxy groups -OCH3 is 1. The van der Waals surface area contributed by atoms with E-state index in [0.717, 1.165) is 25.3 Å². The standard InChI is InChI=1S/C16H16F2N2O4/c1-8-13(9(2)24-20-8)14(21)19-16(3,15(22)23-4)11-7-10(17)5-6-12(11)18/h5-7H,1-4H3,(H,19,21)/t16-/m1/s1. The van der Waals surface area contributed by atoms with Crippen LogP contribution < -0.4 is 5.32 Å². The Bertz CT molecular complexity index is 784. The number of aryl methyl sites for hydroxylation is 2. The minimum atomic E-state index is -1.94. The minimum absolute atomic E-state index is 0.113. The number of aromatic nitrogens is 1. The second kappa shape index (κ2) is 6.38. The third kappa shape index (κ3) is 2.99. The van der Waals surface area contributed by atoms with Crippen molar-refractivity contribution in [3.8, 4) is 0 Å². The first kappa shape index (κ1) is 17.6. The second-order valence-electron chi connectivity index (χ2n) is 5.39. The number of hydrogen-bond acceptors (Lipinski definition) is 5. The van der Waals surface area contributed by atoms with Gasteiger partial charge in [0.05, 0.1) is 12.8 Å². The lowest BCUT2D eigenvalue weighted by Crippen LogP contribution is -2.51. The van der Waals surface area contributed by atoms with Crippen molar-refractivity contribution in [2.24, 2.45) is 0 Å². The number of halogens is 2. The van der Waals surface area contributed by atoms with E-state index in [1.54, 1.807) is 6.92 Å². The highest BCUT2D eigenvalue weighted by atomic mass is 19.1. The summed E-state index contributed by atoms with van der Waals surface area (Å²) in [5, 5.41) is 6.04. The van der Waals surface area contributed by atoms with Gasteiger partial charge in [0, 0.05) is 5.56 Å². The maximum atomic E-state index is 14.2. The van der Waals surface area contributed by atoms with Gasteiger partial charge < -0.3 is 14.6 Å². The number of amides is 1. The molecule has 0 saturated carbocycles. The van der Waals surface area contributed by atoms with Crippen LogP contribution in [-0.4, -0.2) is 24.1 Å². The average molecular weight is 338 g/mol. The Balaban J connectivity index is 2.51. The normalized spacial score (nSPS) is 13.2. The summed E-state index contributed by atoms with van der Waals surface area (Å²) in [4.78, 5) is 24.7. The lowest BCUT2D eigenvalue weighted by atomic mass is 9.90. The molecule has 6 nitrogen and oxygen atoms in total. The molecule has 0 saturated heterocycles. The van der Waals surface area contributed by atoms with Crippen molar-refractivity contribution in [3.05, 3.63) is 52.4 Å². The Hall–Kier alpha value is -2.77. The SMILES string of the molecule is COC(=O)[C@](C)(NC(=O)c1c(C)noc1C)c1cc(F)ccc1F. The van der Waals surface area contributed by atoms with Gasteiger partial charge in [0.2, 0.25) is 0 Å². The lowest BCUT2D eigenvalue weighted by molar-refractivity contribution is -0.148. The van der Waals surface area contributed by atoms with E-state index in [-0.39, 0.29) is 16.9 Å². The van der Waals surface area contributed by atoms with Gasteiger partial charge in [-0.2, -0.15) is 0 Å². The molecule has 0 spiro atoms. The minimum Gasteiger partial charge on any atom is -0.467 e. The zero-order chi connectivity index (χ0) is 18.1. The van der Waals surface area contributed by atoms with E-state index < -0.39 is 29.0 Å². The second-order valence-corrected chi connectivity index (χ2v) is 5.39. The molecule has 1 aromatic heterocycles. The summed E-state index contributed by atoms with van der Waals surface area (Å²) in [5.41, 5.74) is -1.87. The zero-order valence-electron chi connectivity index (χ0n) is 13.6. The number of carbonyl (C=O) groups is 2. The van der Waals surface area contributed by atoms with E-state index in [4.69, 9.17) is 4.52 Å². The van der Waals surface area contributed by atoms with Gasteiger partial charge in [0.15, 0.2) is 5.54 Å². The maximum Gasteiger partial charge on any atom is 0.336 e. The fraction of sp³-hybridized carbons (Fsp3) is 0.312. The molecule has 0 fully saturated rings. The summed E-state index contributed by atoms with van der Waals surface area (Å²) >= 11 is 0. The van der Waals surface area contributed by atoms with Crippen molar-refractivity contribution in [3.63, 3.8) is 0 Å². The highest BCUT2D eigenvalue weighted by Gasteiger charge is 2.41. The molecule has 0 aliphatic rings. The van der Waals surface area contributed by atoms with Gasteiger partial charge in [0.25, 0.3) is 5.91 Å². The number of carbonyl (C=O) groups excluding carboxylic acids is 2. The van der Waals surface area contributed by atoms with Crippen LogP contribution in [-0.2, 0) is 15.1 Å². The zero-order valence-corrected chi connectivity index (χ0v) is 13.6. The summed E-state index contributed by atoms with van der Waals surface area (Å²) in [7, 11) is 1.08. The Labute approximate surface area is 136 Å². The fourth-order valence-electron chi connectivity index (χ4n) is 2.41. The number of ether oxygens (including phenoxy) is 1. The number of hydrogen-bond donors (Lipinski definition) is 1. The topological polar surface area (TPSA) is 81.4 Å². The van der Waals surface area contributed by atoms with Crippen LogP contribution in [0.3, 0.4) is 0 Å². The quantitative estimate of drug-likeness (QED) is 0.866. The average Bonchev–Trinajstić information content (AvgIpc) is 2.87. The van der Waals surface area contributed by atoms with Crippen LogP contribution >= 0.6 is 0 Å². The molecule has 0 aliphatic heterocycles. The number of nitrogens with one attached hydrogen (secondary N) is 1. The van der Waals surface area contributed by atoms with Gasteiger partial charge in [-0.3, -0.25) is 4.79 Å². The van der Waals surface area contributed by atoms with Crippen molar-refractivity contribution < 1.29 is 27.6 Å². The van der Waals surface area contributed by atoms with Crippen molar-refractivity contribution >= 4 is 11.9 Å². The summed E-state index contributed by atoms with van der Waals surface area (Å²) in [6, 6.07) is 2.61. The van der Waals surface area contributed by atoms with Gasteiger partial charge in [0.1, 0.15) is 23.0 Å². The molecule has 1 atom stereocenters. The van der Waals surface area contributed by atoms with Gasteiger partial charge in [-0.1, -0.05) is 5.16 Å². The molecular formula is C16H16F2N2O4. The van der Waals surface area contributed by atoms with E-state index in [1.807, 2.05) is 0 Å². The molecule has 2 rings (SSSR count). The Morgan fingerprint density at radius 1 is 1.29 bits per heavy atom. The first-order valence-electron chi connectivity index (χ1n) is 7.00. The Morgan fingerprint density at radius 3 is 2.50 bits per heavy atom. The number of nitrogens with zero attached hydrogens (tertiary/aromatic N) is 1. The largest absolute Gasteiger partial charge is 0.467 e. The van der Waals surface area contributed by atoms with Crippen molar-refractivity contribution in [2.45, 2.75) is 26.3 Å². The summed E-state index contributed by atoms with van der Waals surface area (Å²) in [6.45, 7) is 4.30. The monoisotopic (exact) mass is 338 g/mol. The smallest absolute Gasteiger partial charge is 0.336 e. The highest BCUT2D eigenvalue weighted by molar-refractivity contribution is 5.99.